The first-order valence-corrected chi connectivity index (χ1v) is 22.5. The lowest BCUT2D eigenvalue weighted by Gasteiger charge is -2.22. The molecule has 326 valence electrons. The standard InChI is InChI=1S/C60H65N3O/c1-35(2)44-26-45(36(3)4)28-47(27-44)42-21-22-55(40(10)25-42)63-56-16-14-15-51(57(56)62-59(63)53-33-46(37(5)6)32-52(38(7)8)58(53)64)48-29-49(31-50(30-48)60(11,12)13)54-34-43(23-24-61-54)41-19-17-39(9)18-20-41/h14-38,64H,1-13H3/i17D,18D,19D,20D,35D,36D. The number of rotatable bonds is 10. The molecule has 4 nitrogen and oxygen atoms in total. The first-order chi connectivity index (χ1) is 32.6. The van der Waals surface area contributed by atoms with Crippen molar-refractivity contribution in [2.24, 2.45) is 0 Å². The number of para-hydroxylation sites is 1. The van der Waals surface area contributed by atoms with Crippen molar-refractivity contribution in [1.29, 1.82) is 0 Å². The Hall–Kier alpha value is -6.26. The molecule has 64 heavy (non-hydrogen) atoms. The van der Waals surface area contributed by atoms with Crippen molar-refractivity contribution in [2.75, 3.05) is 0 Å². The van der Waals surface area contributed by atoms with E-state index in [9.17, 15) is 5.11 Å². The van der Waals surface area contributed by atoms with Crippen molar-refractivity contribution < 1.29 is 13.3 Å². The summed E-state index contributed by atoms with van der Waals surface area (Å²) in [5.74, 6) is -0.671. The topological polar surface area (TPSA) is 50.9 Å². The Bertz CT molecular complexity index is 3300. The molecular weight excluding hydrogens is 779 g/mol. The van der Waals surface area contributed by atoms with Crippen LogP contribution in [0.25, 0.3) is 72.7 Å². The predicted octanol–water partition coefficient (Wildman–Crippen LogP) is 16.9. The van der Waals surface area contributed by atoms with Gasteiger partial charge in [0, 0.05) is 20.1 Å². The van der Waals surface area contributed by atoms with Crippen LogP contribution in [0.5, 0.6) is 5.75 Å². The van der Waals surface area contributed by atoms with E-state index in [1.54, 1.807) is 19.2 Å². The van der Waals surface area contributed by atoms with E-state index in [0.717, 1.165) is 77.9 Å². The average molecular weight is 850 g/mol. The van der Waals surface area contributed by atoms with Crippen LogP contribution in [0.1, 0.15) is 147 Å². The molecule has 0 radical (unpaired) electrons. The molecule has 0 fully saturated rings. The zero-order valence-electron chi connectivity index (χ0n) is 45.8. The lowest BCUT2D eigenvalue weighted by atomic mass is 9.83. The fourth-order valence-corrected chi connectivity index (χ4v) is 8.47. The SMILES string of the molecule is [2H]c1c([2H])c(-c2ccnc(-c3cc(-c4cccc5c4nc(-c4cc(C(C)C)cc(C(C)C)c4O)n5-c4ccc(-c5cc(C([2H])(C)C)cc(C([2H])(C)C)c5)cc4C)cc(C(C)(C)C)c3)c2)c([2H])c([2H])c1C. The number of aromatic hydroxyl groups is 1. The summed E-state index contributed by atoms with van der Waals surface area (Å²) in [6.07, 6.45) is 1.66. The second-order valence-corrected chi connectivity index (χ2v) is 19.5. The molecule has 0 aliphatic heterocycles. The van der Waals surface area contributed by atoms with E-state index in [1.165, 1.54) is 0 Å². The van der Waals surface area contributed by atoms with Crippen LogP contribution in [0.2, 0.25) is 0 Å². The number of fused-ring (bicyclic) bond motifs is 1. The van der Waals surface area contributed by atoms with Gasteiger partial charge in [0.05, 0.1) is 33.5 Å². The summed E-state index contributed by atoms with van der Waals surface area (Å²) >= 11 is 0. The van der Waals surface area contributed by atoms with Gasteiger partial charge in [-0.15, -0.1) is 0 Å². The lowest BCUT2D eigenvalue weighted by molar-refractivity contribution is 0.466. The Labute approximate surface area is 390 Å². The number of aromatic nitrogens is 3. The number of nitrogens with zero attached hydrogens (tertiary/aromatic N) is 3. The summed E-state index contributed by atoms with van der Waals surface area (Å²) in [4.78, 5) is 10.4. The quantitative estimate of drug-likeness (QED) is 0.149. The van der Waals surface area contributed by atoms with E-state index in [-0.39, 0.29) is 52.7 Å². The molecule has 8 aromatic rings. The molecule has 0 unspecified atom stereocenters. The number of imidazole rings is 1. The number of phenols is 1. The zero-order valence-corrected chi connectivity index (χ0v) is 39.8. The van der Waals surface area contributed by atoms with E-state index in [1.807, 2.05) is 45.9 Å². The van der Waals surface area contributed by atoms with Gasteiger partial charge >= 0.3 is 0 Å². The molecular formula is C60H65N3O. The minimum absolute atomic E-state index is 0.0510. The smallest absolute Gasteiger partial charge is 0.149 e. The number of phenolic OH excluding ortho intramolecular Hbond substituents is 1. The Morgan fingerprint density at radius 3 is 1.91 bits per heavy atom. The van der Waals surface area contributed by atoms with Crippen molar-refractivity contribution >= 4 is 11.0 Å². The number of pyridine rings is 1. The maximum absolute atomic E-state index is 12.3. The summed E-state index contributed by atoms with van der Waals surface area (Å²) in [6, 6.07) is 32.6. The van der Waals surface area contributed by atoms with E-state index < -0.39 is 11.8 Å². The highest BCUT2D eigenvalue weighted by molar-refractivity contribution is 5.97. The number of aryl methyl sites for hydroxylation is 1. The van der Waals surface area contributed by atoms with Gasteiger partial charge in [-0.1, -0.05) is 154 Å². The van der Waals surface area contributed by atoms with Crippen LogP contribution in [0.15, 0.2) is 127 Å². The second kappa shape index (κ2) is 17.4. The molecule has 2 aromatic heterocycles. The van der Waals surface area contributed by atoms with Crippen LogP contribution in [-0.4, -0.2) is 19.6 Å². The molecule has 4 heteroatoms. The fraction of sp³-hybridized carbons (Fsp3) is 0.300. The summed E-state index contributed by atoms with van der Waals surface area (Å²) < 4.78 is 54.7. The van der Waals surface area contributed by atoms with Crippen LogP contribution in [-0.2, 0) is 5.41 Å². The Morgan fingerprint density at radius 1 is 0.609 bits per heavy atom. The van der Waals surface area contributed by atoms with Gasteiger partial charge in [0.15, 0.2) is 0 Å². The van der Waals surface area contributed by atoms with E-state index >= 15 is 0 Å². The third-order valence-corrected chi connectivity index (χ3v) is 12.4. The van der Waals surface area contributed by atoms with Crippen LogP contribution < -0.4 is 0 Å². The van der Waals surface area contributed by atoms with Crippen LogP contribution in [0.3, 0.4) is 0 Å². The van der Waals surface area contributed by atoms with Gasteiger partial charge in [0.1, 0.15) is 11.6 Å². The summed E-state index contributed by atoms with van der Waals surface area (Å²) in [7, 11) is 0. The Morgan fingerprint density at radius 2 is 1.28 bits per heavy atom. The average Bonchev–Trinajstić information content (AvgIpc) is 3.68. The molecule has 0 amide bonds. The van der Waals surface area contributed by atoms with Crippen LogP contribution >= 0.6 is 0 Å². The molecule has 0 atom stereocenters. The van der Waals surface area contributed by atoms with E-state index in [4.69, 9.17) is 18.2 Å². The molecule has 0 spiro atoms. The molecule has 0 aliphatic carbocycles. The highest BCUT2D eigenvalue weighted by Crippen LogP contribution is 2.44. The van der Waals surface area contributed by atoms with Crippen molar-refractivity contribution in [1.82, 2.24) is 14.5 Å². The molecule has 6 aromatic carbocycles. The molecule has 0 saturated carbocycles. The number of benzene rings is 6. The van der Waals surface area contributed by atoms with E-state index in [0.29, 0.717) is 28.2 Å². The summed E-state index contributed by atoms with van der Waals surface area (Å²) in [5.41, 5.74) is 14.8. The van der Waals surface area contributed by atoms with Crippen molar-refractivity contribution in [3.63, 3.8) is 0 Å². The first-order valence-electron chi connectivity index (χ1n) is 25.5. The van der Waals surface area contributed by atoms with Gasteiger partial charge in [-0.05, 0) is 153 Å². The van der Waals surface area contributed by atoms with Gasteiger partial charge in [0.25, 0.3) is 0 Å². The van der Waals surface area contributed by atoms with E-state index in [2.05, 4.69) is 133 Å². The monoisotopic (exact) mass is 850 g/mol. The summed E-state index contributed by atoms with van der Waals surface area (Å²) in [6.45, 7) is 26.3. The maximum Gasteiger partial charge on any atom is 0.149 e. The highest BCUT2D eigenvalue weighted by Gasteiger charge is 2.25. The normalized spacial score (nSPS) is 13.8. The van der Waals surface area contributed by atoms with Crippen LogP contribution in [0, 0.1) is 13.8 Å². The third kappa shape index (κ3) is 8.68. The lowest BCUT2D eigenvalue weighted by Crippen LogP contribution is -2.11. The minimum atomic E-state index is -0.859. The molecule has 0 saturated heterocycles. The van der Waals surface area contributed by atoms with Crippen molar-refractivity contribution in [3.05, 3.63) is 166 Å². The predicted molar refractivity (Wildman–Crippen MR) is 272 cm³/mol. The Kier molecular flexibility index (Phi) is 10.1. The number of hydrogen-bond acceptors (Lipinski definition) is 3. The van der Waals surface area contributed by atoms with Gasteiger partial charge in [-0.25, -0.2) is 4.98 Å². The van der Waals surface area contributed by atoms with Gasteiger partial charge in [-0.2, -0.15) is 0 Å². The molecule has 0 aliphatic rings. The van der Waals surface area contributed by atoms with Crippen molar-refractivity contribution in [3.8, 4) is 67.5 Å². The largest absolute Gasteiger partial charge is 0.507 e. The van der Waals surface area contributed by atoms with Gasteiger partial charge in [0.2, 0.25) is 0 Å². The Balaban J connectivity index is 1.39. The highest BCUT2D eigenvalue weighted by atomic mass is 16.3. The zero-order chi connectivity index (χ0) is 51.1. The van der Waals surface area contributed by atoms with Gasteiger partial charge in [-0.3, -0.25) is 9.55 Å². The third-order valence-electron chi connectivity index (χ3n) is 12.4. The minimum Gasteiger partial charge on any atom is -0.507 e. The van der Waals surface area contributed by atoms with Crippen LogP contribution in [0.4, 0.5) is 0 Å². The molecule has 1 N–H and O–H groups in total. The molecule has 2 heterocycles. The first kappa shape index (κ1) is 37.1. The maximum atomic E-state index is 12.3. The van der Waals surface area contributed by atoms with Gasteiger partial charge < -0.3 is 5.11 Å². The second-order valence-electron chi connectivity index (χ2n) is 19.5. The molecule has 8 rings (SSSR count). The number of hydrogen-bond donors (Lipinski definition) is 1. The fourth-order valence-electron chi connectivity index (χ4n) is 8.47. The molecule has 0 bridgehead atoms. The van der Waals surface area contributed by atoms with Crippen molar-refractivity contribution in [2.45, 2.75) is 119 Å². The summed E-state index contributed by atoms with van der Waals surface area (Å²) in [5, 5.41) is 12.3.